The van der Waals surface area contributed by atoms with Crippen molar-refractivity contribution < 1.29 is 88.9 Å². The lowest BCUT2D eigenvalue weighted by atomic mass is 10.2. The monoisotopic (exact) mass is 1180 g/mol. The Morgan fingerprint density at radius 3 is 0.650 bits per heavy atom. The average molecular weight is 1180 g/mol. The van der Waals surface area contributed by atoms with Gasteiger partial charge in [0.2, 0.25) is 0 Å². The van der Waals surface area contributed by atoms with Crippen molar-refractivity contribution in [1.82, 2.24) is 0 Å². The lowest BCUT2D eigenvalue weighted by Crippen LogP contribution is -2.03. The summed E-state index contributed by atoms with van der Waals surface area (Å²) in [5.41, 5.74) is -6.43. The minimum atomic E-state index is -1.48. The molecule has 6 N–H and O–H groups in total. The molecule has 0 saturated carbocycles. The molecule has 0 heterocycles. The predicted octanol–water partition coefficient (Wildman–Crippen LogP) is 10.7. The van der Waals surface area contributed by atoms with E-state index in [1.54, 1.807) is 0 Å². The minimum absolute atomic E-state index is 0.299. The van der Waals surface area contributed by atoms with Crippen LogP contribution < -0.4 is 0 Å². The number of carboxylic acids is 6. The summed E-state index contributed by atoms with van der Waals surface area (Å²) in [5.74, 6) is -8.83. The minimum Gasteiger partial charge on any atom is -0.477 e. The number of nitro groups is 6. The van der Waals surface area contributed by atoms with Gasteiger partial charge in [0, 0.05) is 72.2 Å². The maximum Gasteiger partial charge on any atom is 0.342 e. The number of benzene rings is 6. The zero-order valence-electron chi connectivity index (χ0n) is 39.4. The molecule has 412 valence electrons. The van der Waals surface area contributed by atoms with E-state index in [2.05, 4.69) is 0 Å². The summed E-state index contributed by atoms with van der Waals surface area (Å²) in [6, 6.07) is 22.6. The average Bonchev–Trinajstić information content (AvgIpc) is 3.39. The normalized spacial score (nSPS) is 10.0. The van der Waals surface area contributed by atoms with Crippen molar-refractivity contribution in [3.8, 4) is 6.07 Å². The van der Waals surface area contributed by atoms with Gasteiger partial charge in [0.25, 0.3) is 34.1 Å². The molecule has 6 aromatic carbocycles. The Kier molecular flexibility index (Phi) is 23.2. The van der Waals surface area contributed by atoms with Gasteiger partial charge >= 0.3 is 35.8 Å². The van der Waals surface area contributed by atoms with Crippen molar-refractivity contribution in [2.45, 2.75) is 42.7 Å². The fourth-order valence-corrected chi connectivity index (χ4v) is 9.57. The molecule has 80 heavy (non-hydrogen) atoms. The van der Waals surface area contributed by atoms with Crippen molar-refractivity contribution >= 4 is 115 Å². The van der Waals surface area contributed by atoms with Gasteiger partial charge in [0.15, 0.2) is 0 Å². The fraction of sp³-hybridized carbons (Fsp3) is 0.0444. The molecule has 0 spiro atoms. The molecule has 0 radical (unpaired) electrons. The van der Waals surface area contributed by atoms with Crippen molar-refractivity contribution in [2.75, 3.05) is 0 Å². The third-order valence-corrected chi connectivity index (χ3v) is 13.6. The van der Waals surface area contributed by atoms with Gasteiger partial charge in [-0.25, -0.2) is 28.8 Å². The molecular formula is C45H29N7O24S4. The van der Waals surface area contributed by atoms with Gasteiger partial charge in [-0.15, -0.1) is 0 Å². The van der Waals surface area contributed by atoms with Crippen LogP contribution >= 0.6 is 45.1 Å². The Hall–Kier alpha value is -10.6. The number of carbonyl (C=O) groups is 6. The summed E-state index contributed by atoms with van der Waals surface area (Å²) in [4.78, 5) is 129. The van der Waals surface area contributed by atoms with Crippen LogP contribution in [-0.2, 0) is 0 Å². The quantitative estimate of drug-likeness (QED) is 0.0249. The van der Waals surface area contributed by atoms with E-state index in [0.717, 1.165) is 118 Å². The number of nitriles is 1. The molecule has 6 aromatic rings. The lowest BCUT2D eigenvalue weighted by Gasteiger charge is -2.05. The number of carboxylic acid groups (broad SMARTS) is 6. The van der Waals surface area contributed by atoms with Crippen LogP contribution in [0, 0.1) is 72.0 Å². The van der Waals surface area contributed by atoms with Crippen molar-refractivity contribution in [2.24, 2.45) is 0 Å². The van der Waals surface area contributed by atoms with Crippen LogP contribution in [0.3, 0.4) is 0 Å². The highest BCUT2D eigenvalue weighted by Crippen LogP contribution is 2.41. The van der Waals surface area contributed by atoms with E-state index >= 15 is 0 Å². The van der Waals surface area contributed by atoms with Gasteiger partial charge in [-0.3, -0.25) is 60.7 Å². The first kappa shape index (κ1) is 63.7. The Balaban J connectivity index is 0.000000304. The predicted molar refractivity (Wildman–Crippen MR) is 276 cm³/mol. The summed E-state index contributed by atoms with van der Waals surface area (Å²) < 4.78 is 0. The van der Waals surface area contributed by atoms with E-state index in [0.29, 0.717) is 35.8 Å². The molecule has 0 saturated heterocycles. The Labute approximate surface area is 459 Å². The molecule has 0 fully saturated rings. The summed E-state index contributed by atoms with van der Waals surface area (Å²) in [7, 11) is 2.06. The highest BCUT2D eigenvalue weighted by Gasteiger charge is 2.26. The molecule has 0 aliphatic rings. The number of aromatic carboxylic acids is 6. The van der Waals surface area contributed by atoms with Crippen LogP contribution in [0.1, 0.15) is 75.5 Å². The molecule has 0 aliphatic carbocycles. The third kappa shape index (κ3) is 17.8. The van der Waals surface area contributed by atoms with Crippen LogP contribution in [0.4, 0.5) is 34.1 Å². The van der Waals surface area contributed by atoms with E-state index in [9.17, 15) is 89.5 Å². The van der Waals surface area contributed by atoms with Gasteiger partial charge in [0.05, 0.1) is 35.6 Å². The summed E-state index contributed by atoms with van der Waals surface area (Å²) in [6.45, 7) is 1.82. The third-order valence-electron chi connectivity index (χ3n) is 9.23. The maximum atomic E-state index is 11.1. The smallest absolute Gasteiger partial charge is 0.342 e. The van der Waals surface area contributed by atoms with Crippen molar-refractivity contribution in [3.63, 3.8) is 0 Å². The van der Waals surface area contributed by atoms with Gasteiger partial charge in [-0.1, -0.05) is 52.0 Å². The molecule has 6 rings (SSSR count). The number of nitro benzene ring substituents is 6. The van der Waals surface area contributed by atoms with Gasteiger partial charge in [0.1, 0.15) is 33.4 Å². The van der Waals surface area contributed by atoms with Crippen LogP contribution in [0.25, 0.3) is 0 Å². The second-order valence-electron chi connectivity index (χ2n) is 14.3. The molecule has 0 atom stereocenters. The number of hydrogen-bond acceptors (Lipinski definition) is 23. The molecular weight excluding hydrogens is 1150 g/mol. The molecule has 0 bridgehead atoms. The highest BCUT2D eigenvalue weighted by atomic mass is 33.1. The Morgan fingerprint density at radius 2 is 0.512 bits per heavy atom. The largest absolute Gasteiger partial charge is 0.477 e. The van der Waals surface area contributed by atoms with Crippen LogP contribution in [-0.4, -0.2) is 96.0 Å². The SMILES string of the molecule is CCC#N.O=C(O)c1cc(SSc2ccc([N+](=O)[O-])c(C(=O)O)c2)ccc1[N+](=O)[O-].O=C(O)c1cc(Sc2ccc([N+](=O)[O-])c(C(=O)O)c2)ccc1[N+](=O)[O-].O=C(O)c1cc(Sc2ccc([N+](=O)[O-])c(C(=O)O)c2)ccc1[N+](=O)[O-]. The van der Waals surface area contributed by atoms with Crippen LogP contribution in [0.5, 0.6) is 0 Å². The molecule has 0 aromatic heterocycles. The zero-order valence-corrected chi connectivity index (χ0v) is 42.7. The molecule has 0 aliphatic heterocycles. The van der Waals surface area contributed by atoms with E-state index in [1.807, 2.05) is 13.0 Å². The molecule has 0 unspecified atom stereocenters. The highest BCUT2D eigenvalue weighted by molar-refractivity contribution is 8.76. The molecule has 35 heteroatoms. The maximum absolute atomic E-state index is 11.1. The van der Waals surface area contributed by atoms with Crippen LogP contribution in [0.15, 0.2) is 139 Å². The van der Waals surface area contributed by atoms with E-state index in [4.69, 9.17) is 35.9 Å². The van der Waals surface area contributed by atoms with Crippen molar-refractivity contribution in [3.05, 3.63) is 203 Å². The summed E-state index contributed by atoms with van der Waals surface area (Å²) in [6.07, 6.45) is 0.625. The number of hydrogen-bond donors (Lipinski definition) is 6. The van der Waals surface area contributed by atoms with E-state index in [1.165, 1.54) is 36.4 Å². The molecule has 31 nitrogen and oxygen atoms in total. The topological polar surface area (TPSA) is 506 Å². The second kappa shape index (κ2) is 29.1. The Morgan fingerprint density at radius 1 is 0.362 bits per heavy atom. The number of nitrogens with zero attached hydrogens (tertiary/aromatic N) is 7. The first-order valence-electron chi connectivity index (χ1n) is 20.7. The second-order valence-corrected chi connectivity index (χ2v) is 18.9. The first-order chi connectivity index (χ1) is 37.5. The molecule has 0 amide bonds. The van der Waals surface area contributed by atoms with Gasteiger partial charge in [-0.05, 0) is 72.8 Å². The summed E-state index contributed by atoms with van der Waals surface area (Å²) >= 11 is 1.84. The van der Waals surface area contributed by atoms with Gasteiger partial charge in [-0.2, -0.15) is 5.26 Å². The lowest BCUT2D eigenvalue weighted by molar-refractivity contribution is -0.385. The summed E-state index contributed by atoms with van der Waals surface area (Å²) in [5, 5.41) is 127. The van der Waals surface area contributed by atoms with Gasteiger partial charge < -0.3 is 30.6 Å². The fourth-order valence-electron chi connectivity index (χ4n) is 5.80. The first-order valence-corrected chi connectivity index (χ1v) is 24.5. The zero-order chi connectivity index (χ0) is 60.3. The van der Waals surface area contributed by atoms with Crippen LogP contribution in [0.2, 0.25) is 0 Å². The van der Waals surface area contributed by atoms with E-state index < -0.39 is 133 Å². The standard InChI is InChI=1S/C14H8N2O8S2.2C14H8N2O8S.C3H5N/c17-13(18)9-5-7(1-3-11(9)15(21)22)25-26-8-2-4-12(16(23)24)10(6-8)14(19)20;2*17-13(18)9-5-7(1-3-11(9)15(21)22)25-8-2-4-12(16(23)24)10(6-8)14(19)20;1-2-3-4/h1-6H,(H,17,18)(H,19,20);2*1-6H,(H,17,18)(H,19,20);2H2,1H3. The van der Waals surface area contributed by atoms with Crippen molar-refractivity contribution in [1.29, 1.82) is 5.26 Å². The van der Waals surface area contributed by atoms with E-state index in [-0.39, 0.29) is 0 Å². The number of rotatable bonds is 19. The Bertz CT molecular complexity index is 3220.